The summed E-state index contributed by atoms with van der Waals surface area (Å²) >= 11 is 0. The zero-order valence-electron chi connectivity index (χ0n) is 10.1. The van der Waals surface area contributed by atoms with Gasteiger partial charge in [0, 0.05) is 0 Å². The van der Waals surface area contributed by atoms with Gasteiger partial charge in [-0.15, -0.1) is 0 Å². The van der Waals surface area contributed by atoms with E-state index in [0.29, 0.717) is 0 Å². The zero-order valence-corrected chi connectivity index (χ0v) is 11.7. The fraction of sp³-hybridized carbons (Fsp3) is 1.00. The highest BCUT2D eigenvalue weighted by Crippen LogP contribution is 2.24. The Labute approximate surface area is 104 Å². The average molecular weight is 284 g/mol. The van der Waals surface area contributed by atoms with Gasteiger partial charge in [0.2, 0.25) is 0 Å². The Hall–Kier alpha value is -0.140. The van der Waals surface area contributed by atoms with Gasteiger partial charge in [0.25, 0.3) is 10.1 Å². The minimum atomic E-state index is -3.46. The maximum atomic E-state index is 11.9. The second-order valence-electron chi connectivity index (χ2n) is 4.51. The third kappa shape index (κ3) is 5.83. The molecule has 0 radical (unpaired) electrons. The Morgan fingerprint density at radius 3 is 2.18 bits per heavy atom. The smallest absolute Gasteiger partial charge is 0.264 e. The van der Waals surface area contributed by atoms with Crippen molar-refractivity contribution in [1.82, 2.24) is 0 Å². The molecule has 0 aromatic rings. The molecule has 1 fully saturated rings. The largest absolute Gasteiger partial charge is 0.270 e. The van der Waals surface area contributed by atoms with Crippen molar-refractivity contribution in [2.45, 2.75) is 43.8 Å². The molecule has 0 aromatic carbocycles. The predicted octanol–water partition coefficient (Wildman–Crippen LogP) is 1.10. The van der Waals surface area contributed by atoms with E-state index in [1.54, 1.807) is 0 Å². The van der Waals surface area contributed by atoms with Gasteiger partial charge in [0.1, 0.15) is 0 Å². The van der Waals surface area contributed by atoms with Crippen LogP contribution in [0, 0.1) is 0 Å². The molecule has 1 aliphatic rings. The molecule has 0 unspecified atom stereocenters. The quantitative estimate of drug-likeness (QED) is 0.539. The van der Waals surface area contributed by atoms with Gasteiger partial charge in [0.05, 0.1) is 23.9 Å². The van der Waals surface area contributed by atoms with Crippen molar-refractivity contribution < 1.29 is 21.0 Å². The third-order valence-electron chi connectivity index (χ3n) is 2.93. The topological polar surface area (TPSA) is 77.5 Å². The van der Waals surface area contributed by atoms with Gasteiger partial charge in [-0.25, -0.2) is 8.42 Å². The van der Waals surface area contributed by atoms with Crippen LogP contribution in [0.15, 0.2) is 0 Å². The molecule has 0 atom stereocenters. The Balaban J connectivity index is 2.34. The van der Waals surface area contributed by atoms with Gasteiger partial charge >= 0.3 is 0 Å². The first-order chi connectivity index (χ1) is 7.81. The molecule has 0 saturated heterocycles. The normalized spacial score (nSPS) is 19.4. The Kier molecular flexibility index (Phi) is 5.40. The Morgan fingerprint density at radius 2 is 1.65 bits per heavy atom. The van der Waals surface area contributed by atoms with Crippen LogP contribution in [0.3, 0.4) is 0 Å². The standard InChI is InChI=1S/C10H20O5S2/c1-16(11,12)15-8-5-9-17(13,14)10-6-3-2-4-7-10/h10H,2-9H2,1H3. The third-order valence-corrected chi connectivity index (χ3v) is 5.87. The molecule has 7 heteroatoms. The lowest BCUT2D eigenvalue weighted by Crippen LogP contribution is -2.27. The van der Waals surface area contributed by atoms with Gasteiger partial charge < -0.3 is 0 Å². The van der Waals surface area contributed by atoms with Crippen LogP contribution in [0.25, 0.3) is 0 Å². The maximum Gasteiger partial charge on any atom is 0.264 e. The van der Waals surface area contributed by atoms with E-state index in [9.17, 15) is 16.8 Å². The Bertz CT molecular complexity index is 418. The highest BCUT2D eigenvalue weighted by Gasteiger charge is 2.26. The fourth-order valence-electron chi connectivity index (χ4n) is 2.06. The van der Waals surface area contributed by atoms with E-state index < -0.39 is 20.0 Å². The first kappa shape index (κ1) is 14.9. The lowest BCUT2D eigenvalue weighted by atomic mass is 10.0. The minimum absolute atomic E-state index is 0.0210. The van der Waals surface area contributed by atoms with Gasteiger partial charge in [-0.2, -0.15) is 8.42 Å². The number of sulfone groups is 1. The van der Waals surface area contributed by atoms with Crippen molar-refractivity contribution in [2.24, 2.45) is 0 Å². The van der Waals surface area contributed by atoms with Crippen LogP contribution < -0.4 is 0 Å². The van der Waals surface area contributed by atoms with Crippen LogP contribution in [0.4, 0.5) is 0 Å². The molecule has 1 aliphatic carbocycles. The van der Waals surface area contributed by atoms with E-state index in [2.05, 4.69) is 4.18 Å². The SMILES string of the molecule is CS(=O)(=O)OCCCS(=O)(=O)C1CCCCC1. The van der Waals surface area contributed by atoms with Crippen molar-refractivity contribution in [3.8, 4) is 0 Å². The molecule has 0 spiro atoms. The second-order valence-corrected chi connectivity index (χ2v) is 8.55. The summed E-state index contributed by atoms with van der Waals surface area (Å²) in [5, 5.41) is -0.227. The molecule has 1 saturated carbocycles. The average Bonchev–Trinajstić information content (AvgIpc) is 2.25. The molecule has 0 N–H and O–H groups in total. The van der Waals surface area contributed by atoms with E-state index in [0.717, 1.165) is 38.4 Å². The summed E-state index contributed by atoms with van der Waals surface area (Å²) in [7, 11) is -6.54. The highest BCUT2D eigenvalue weighted by atomic mass is 32.2. The first-order valence-electron chi connectivity index (χ1n) is 5.87. The van der Waals surface area contributed by atoms with Crippen molar-refractivity contribution >= 4 is 20.0 Å². The van der Waals surface area contributed by atoms with Crippen molar-refractivity contribution in [3.05, 3.63) is 0 Å². The van der Waals surface area contributed by atoms with E-state index in [1.807, 2.05) is 0 Å². The molecule has 5 nitrogen and oxygen atoms in total. The molecule has 0 amide bonds. The molecule has 0 aromatic heterocycles. The van der Waals surface area contributed by atoms with Crippen LogP contribution in [0.5, 0.6) is 0 Å². The molecule has 0 heterocycles. The summed E-state index contributed by atoms with van der Waals surface area (Å²) in [5.74, 6) is 0.0210. The van der Waals surface area contributed by atoms with Crippen LogP contribution in [0.2, 0.25) is 0 Å². The molecular formula is C10H20O5S2. The molecule has 102 valence electrons. The van der Waals surface area contributed by atoms with E-state index in [1.165, 1.54) is 0 Å². The molecule has 17 heavy (non-hydrogen) atoms. The molecular weight excluding hydrogens is 264 g/mol. The second kappa shape index (κ2) is 6.15. The van der Waals surface area contributed by atoms with Crippen molar-refractivity contribution in [3.63, 3.8) is 0 Å². The minimum Gasteiger partial charge on any atom is -0.270 e. The van der Waals surface area contributed by atoms with Crippen LogP contribution in [0.1, 0.15) is 38.5 Å². The van der Waals surface area contributed by atoms with Crippen molar-refractivity contribution in [2.75, 3.05) is 18.6 Å². The molecule has 0 bridgehead atoms. The molecule has 1 rings (SSSR count). The lowest BCUT2D eigenvalue weighted by molar-refractivity contribution is 0.321. The summed E-state index contributed by atoms with van der Waals surface area (Å²) in [5.41, 5.74) is 0. The zero-order chi connectivity index (χ0) is 12.9. The summed E-state index contributed by atoms with van der Waals surface area (Å²) in [4.78, 5) is 0. The van der Waals surface area contributed by atoms with E-state index >= 15 is 0 Å². The first-order valence-corrected chi connectivity index (χ1v) is 9.40. The number of hydrogen-bond acceptors (Lipinski definition) is 5. The van der Waals surface area contributed by atoms with Crippen LogP contribution in [-0.4, -0.2) is 40.7 Å². The maximum absolute atomic E-state index is 11.9. The monoisotopic (exact) mass is 284 g/mol. The van der Waals surface area contributed by atoms with Gasteiger partial charge in [-0.05, 0) is 19.3 Å². The summed E-state index contributed by atoms with van der Waals surface area (Å²) in [6, 6.07) is 0. The van der Waals surface area contributed by atoms with Crippen molar-refractivity contribution in [1.29, 1.82) is 0 Å². The van der Waals surface area contributed by atoms with Gasteiger partial charge in [-0.1, -0.05) is 19.3 Å². The molecule has 0 aliphatic heterocycles. The van der Waals surface area contributed by atoms with E-state index in [-0.39, 0.29) is 24.0 Å². The fourth-order valence-corrected chi connectivity index (χ4v) is 4.39. The lowest BCUT2D eigenvalue weighted by Gasteiger charge is -2.21. The number of hydrogen-bond donors (Lipinski definition) is 0. The summed E-state index contributed by atoms with van der Waals surface area (Å²) < 4.78 is 49.7. The predicted molar refractivity (Wildman–Crippen MR) is 66.1 cm³/mol. The van der Waals surface area contributed by atoms with Gasteiger partial charge in [0.15, 0.2) is 9.84 Å². The van der Waals surface area contributed by atoms with Crippen LogP contribution >= 0.6 is 0 Å². The van der Waals surface area contributed by atoms with Crippen LogP contribution in [-0.2, 0) is 24.1 Å². The summed E-state index contributed by atoms with van der Waals surface area (Å²) in [6.45, 7) is -0.0508. The van der Waals surface area contributed by atoms with Gasteiger partial charge in [-0.3, -0.25) is 4.18 Å². The highest BCUT2D eigenvalue weighted by molar-refractivity contribution is 7.92. The number of rotatable bonds is 6. The van der Waals surface area contributed by atoms with E-state index in [4.69, 9.17) is 0 Å². The Morgan fingerprint density at radius 1 is 1.06 bits per heavy atom. The summed E-state index contributed by atoms with van der Waals surface area (Å²) in [6.07, 6.45) is 5.76.